The lowest BCUT2D eigenvalue weighted by Crippen LogP contribution is -2.27. The molecule has 0 aliphatic carbocycles. The summed E-state index contributed by atoms with van der Waals surface area (Å²) < 4.78 is 7.45. The van der Waals surface area contributed by atoms with E-state index in [0.717, 1.165) is 48.1 Å². The maximum absolute atomic E-state index is 12.3. The molecule has 0 radical (unpaired) electrons. The second-order valence-corrected chi connectivity index (χ2v) is 7.69. The molecule has 0 saturated carbocycles. The number of unbranched alkanes of at least 4 members (excludes halogenated alkanes) is 1. The summed E-state index contributed by atoms with van der Waals surface area (Å²) in [4.78, 5) is 40.0. The number of imide groups is 1. The predicted molar refractivity (Wildman–Crippen MR) is 113 cm³/mol. The smallest absolute Gasteiger partial charge is 0.290 e. The van der Waals surface area contributed by atoms with Gasteiger partial charge in [-0.1, -0.05) is 25.5 Å². The first-order chi connectivity index (χ1) is 14.0. The summed E-state index contributed by atoms with van der Waals surface area (Å²) in [6.07, 6.45) is 4.45. The molecule has 0 spiro atoms. The van der Waals surface area contributed by atoms with Crippen LogP contribution in [0.1, 0.15) is 36.8 Å². The monoisotopic (exact) mass is 413 g/mol. The molecule has 1 N–H and O–H groups in total. The number of benzene rings is 1. The van der Waals surface area contributed by atoms with Crippen LogP contribution < -0.4 is 15.6 Å². The third kappa shape index (κ3) is 5.57. The number of hydrogen-bond acceptors (Lipinski definition) is 6. The zero-order valence-corrected chi connectivity index (χ0v) is 17.3. The number of rotatable bonds is 8. The van der Waals surface area contributed by atoms with Gasteiger partial charge in [-0.05, 0) is 48.9 Å². The predicted octanol–water partition coefficient (Wildman–Crippen LogP) is 3.30. The molecule has 0 bridgehead atoms. The molecule has 1 fully saturated rings. The minimum absolute atomic E-state index is 0.0592. The highest BCUT2D eigenvalue weighted by molar-refractivity contribution is 8.18. The van der Waals surface area contributed by atoms with Crippen molar-refractivity contribution in [2.45, 2.75) is 39.7 Å². The van der Waals surface area contributed by atoms with Crippen molar-refractivity contribution >= 4 is 29.0 Å². The lowest BCUT2D eigenvalue weighted by Gasteiger charge is -2.13. The van der Waals surface area contributed by atoms with E-state index in [0.29, 0.717) is 23.8 Å². The molecule has 29 heavy (non-hydrogen) atoms. The highest BCUT2D eigenvalue weighted by Gasteiger charge is 2.24. The number of nitrogens with one attached hydrogen (secondary N) is 1. The van der Waals surface area contributed by atoms with Crippen LogP contribution in [0.4, 0.5) is 4.79 Å². The molecule has 3 rings (SSSR count). The average molecular weight is 413 g/mol. The first-order valence-corrected chi connectivity index (χ1v) is 10.3. The minimum Gasteiger partial charge on any atom is -0.492 e. The molecule has 1 saturated heterocycles. The Hall–Kier alpha value is -2.87. The Morgan fingerprint density at radius 3 is 2.62 bits per heavy atom. The van der Waals surface area contributed by atoms with Crippen molar-refractivity contribution in [1.82, 2.24) is 14.9 Å². The van der Waals surface area contributed by atoms with Crippen molar-refractivity contribution in [3.63, 3.8) is 0 Å². The molecule has 152 valence electrons. The first-order valence-electron chi connectivity index (χ1n) is 9.51. The Kier molecular flexibility index (Phi) is 6.87. The van der Waals surface area contributed by atoms with E-state index in [2.05, 4.69) is 17.2 Å². The van der Waals surface area contributed by atoms with Gasteiger partial charge >= 0.3 is 0 Å². The van der Waals surface area contributed by atoms with Crippen LogP contribution in [0.25, 0.3) is 6.08 Å². The van der Waals surface area contributed by atoms with E-state index in [4.69, 9.17) is 4.74 Å². The summed E-state index contributed by atoms with van der Waals surface area (Å²) in [6.45, 7) is 4.71. The van der Waals surface area contributed by atoms with Crippen molar-refractivity contribution in [1.29, 1.82) is 0 Å². The van der Waals surface area contributed by atoms with Crippen LogP contribution in [0.2, 0.25) is 0 Å². The second-order valence-electron chi connectivity index (χ2n) is 6.68. The fraction of sp³-hybridized carbons (Fsp3) is 0.333. The normalized spacial score (nSPS) is 15.0. The Labute approximate surface area is 173 Å². The summed E-state index contributed by atoms with van der Waals surface area (Å²) in [7, 11) is 0. The summed E-state index contributed by atoms with van der Waals surface area (Å²) >= 11 is 0.885. The van der Waals surface area contributed by atoms with E-state index in [9.17, 15) is 14.4 Å². The summed E-state index contributed by atoms with van der Waals surface area (Å²) in [5.41, 5.74) is 1.47. The molecule has 0 unspecified atom stereocenters. The van der Waals surface area contributed by atoms with Crippen molar-refractivity contribution in [3.8, 4) is 5.75 Å². The highest BCUT2D eigenvalue weighted by atomic mass is 32.2. The average Bonchev–Trinajstić information content (AvgIpc) is 3.00. The Balaban J connectivity index is 1.61. The van der Waals surface area contributed by atoms with E-state index in [1.54, 1.807) is 28.8 Å². The molecule has 0 atom stereocenters. The first kappa shape index (κ1) is 20.9. The standard InChI is InChI=1S/C21H23N3O4S/c1-3-4-5-18-22-14(2)12-19(25)24(18)10-11-28-16-8-6-15(7-9-16)13-17-20(26)23-21(27)29-17/h6-9,12-13H,3-5,10-11H2,1-2H3,(H,23,26,27)/b17-13-. The number of carbonyl (C=O) groups excluding carboxylic acids is 2. The SMILES string of the molecule is CCCCc1nc(C)cc(=O)n1CCOc1ccc(/C=C2\SC(=O)NC2=O)cc1. The number of thioether (sulfide) groups is 1. The van der Waals surface area contributed by atoms with Gasteiger partial charge < -0.3 is 4.74 Å². The maximum atomic E-state index is 12.3. The van der Waals surface area contributed by atoms with Gasteiger partial charge in [0, 0.05) is 18.2 Å². The van der Waals surface area contributed by atoms with Crippen molar-refractivity contribution < 1.29 is 14.3 Å². The molecule has 1 aromatic heterocycles. The highest BCUT2D eigenvalue weighted by Crippen LogP contribution is 2.26. The van der Waals surface area contributed by atoms with E-state index >= 15 is 0 Å². The van der Waals surface area contributed by atoms with E-state index in [-0.39, 0.29) is 16.7 Å². The molecule has 2 aromatic rings. The molecule has 2 amide bonds. The zero-order valence-electron chi connectivity index (χ0n) is 16.4. The second kappa shape index (κ2) is 9.56. The summed E-state index contributed by atoms with van der Waals surface area (Å²) in [6, 6.07) is 8.75. The van der Waals surface area contributed by atoms with Gasteiger partial charge in [-0.25, -0.2) is 4.98 Å². The quantitative estimate of drug-likeness (QED) is 0.668. The Morgan fingerprint density at radius 1 is 1.21 bits per heavy atom. The minimum atomic E-state index is -0.378. The fourth-order valence-electron chi connectivity index (χ4n) is 2.93. The van der Waals surface area contributed by atoms with Crippen LogP contribution in [-0.2, 0) is 17.8 Å². The van der Waals surface area contributed by atoms with Gasteiger partial charge in [-0.2, -0.15) is 0 Å². The zero-order chi connectivity index (χ0) is 20.8. The molecule has 1 aliphatic rings. The van der Waals surface area contributed by atoms with E-state index < -0.39 is 0 Å². The molecular weight excluding hydrogens is 390 g/mol. The van der Waals surface area contributed by atoms with Crippen LogP contribution in [0.15, 0.2) is 40.0 Å². The number of ether oxygens (including phenoxy) is 1. The van der Waals surface area contributed by atoms with Gasteiger partial charge in [0.25, 0.3) is 16.7 Å². The number of aromatic nitrogens is 2. The van der Waals surface area contributed by atoms with E-state index in [1.807, 2.05) is 19.1 Å². The largest absolute Gasteiger partial charge is 0.492 e. The van der Waals surface area contributed by atoms with E-state index in [1.165, 1.54) is 0 Å². The molecule has 1 aliphatic heterocycles. The number of amides is 2. The molecule has 8 heteroatoms. The van der Waals surface area contributed by atoms with Crippen molar-refractivity contribution in [2.24, 2.45) is 0 Å². The lowest BCUT2D eigenvalue weighted by atomic mass is 10.2. The Bertz CT molecular complexity index is 996. The third-order valence-corrected chi connectivity index (χ3v) is 5.18. The molecule has 2 heterocycles. The number of nitrogens with zero attached hydrogens (tertiary/aromatic N) is 2. The molecule has 7 nitrogen and oxygen atoms in total. The molecule has 1 aromatic carbocycles. The van der Waals surface area contributed by atoms with Crippen LogP contribution in [0.3, 0.4) is 0 Å². The van der Waals surface area contributed by atoms with Gasteiger partial charge in [-0.15, -0.1) is 0 Å². The summed E-state index contributed by atoms with van der Waals surface area (Å²) in [5.74, 6) is 1.08. The maximum Gasteiger partial charge on any atom is 0.290 e. The van der Waals surface area contributed by atoms with Crippen LogP contribution in [0.5, 0.6) is 5.75 Å². The fourth-order valence-corrected chi connectivity index (χ4v) is 3.61. The van der Waals surface area contributed by atoms with Gasteiger partial charge in [0.05, 0.1) is 11.4 Å². The van der Waals surface area contributed by atoms with Crippen LogP contribution in [0, 0.1) is 6.92 Å². The van der Waals surface area contributed by atoms with Gasteiger partial charge in [0.2, 0.25) is 0 Å². The number of aryl methyl sites for hydroxylation is 2. The summed E-state index contributed by atoms with van der Waals surface area (Å²) in [5, 5.41) is 1.87. The van der Waals surface area contributed by atoms with Crippen LogP contribution in [-0.4, -0.2) is 27.3 Å². The Morgan fingerprint density at radius 2 is 1.97 bits per heavy atom. The third-order valence-electron chi connectivity index (χ3n) is 4.37. The van der Waals surface area contributed by atoms with Crippen molar-refractivity contribution in [2.75, 3.05) is 6.61 Å². The van der Waals surface area contributed by atoms with Gasteiger partial charge in [0.1, 0.15) is 18.2 Å². The van der Waals surface area contributed by atoms with Gasteiger partial charge in [0.15, 0.2) is 0 Å². The molecular formula is C21H23N3O4S. The number of hydrogen-bond donors (Lipinski definition) is 1. The van der Waals surface area contributed by atoms with Crippen molar-refractivity contribution in [3.05, 3.63) is 62.7 Å². The van der Waals surface area contributed by atoms with Gasteiger partial charge in [-0.3, -0.25) is 24.3 Å². The topological polar surface area (TPSA) is 90.3 Å². The van der Waals surface area contributed by atoms with Crippen LogP contribution >= 0.6 is 11.8 Å². The number of carbonyl (C=O) groups is 2. The lowest BCUT2D eigenvalue weighted by molar-refractivity contribution is -0.115.